The number of rotatable bonds is 4. The van der Waals surface area contributed by atoms with Gasteiger partial charge in [0.1, 0.15) is 17.8 Å². The number of nitrogens with zero attached hydrogens (tertiary/aromatic N) is 7. The number of fused-ring (bicyclic) bond motifs is 1. The molecule has 3 aromatic rings. The summed E-state index contributed by atoms with van der Waals surface area (Å²) in [5.74, 6) is -0.342. The van der Waals surface area contributed by atoms with Crippen molar-refractivity contribution in [1.82, 2.24) is 29.4 Å². The van der Waals surface area contributed by atoms with Crippen LogP contribution in [0, 0.1) is 11.2 Å². The molecule has 5 heterocycles. The second kappa shape index (κ2) is 8.75. The maximum absolute atomic E-state index is 14.3. The smallest absolute Gasteiger partial charge is 0.409 e. The molecule has 0 radical (unpaired) electrons. The number of piperazine rings is 1. The number of hydrogen-bond donors (Lipinski definition) is 0. The second-order valence-corrected chi connectivity index (χ2v) is 9.94. The summed E-state index contributed by atoms with van der Waals surface area (Å²) < 4.78 is 21.2. The first kappa shape index (κ1) is 22.2. The third kappa shape index (κ3) is 3.99. The van der Waals surface area contributed by atoms with E-state index < -0.39 is 0 Å². The highest BCUT2D eigenvalue weighted by Gasteiger charge is 2.51. The van der Waals surface area contributed by atoms with Crippen molar-refractivity contribution in [2.75, 3.05) is 50.8 Å². The van der Waals surface area contributed by atoms with E-state index in [2.05, 4.69) is 24.9 Å². The van der Waals surface area contributed by atoms with Crippen molar-refractivity contribution < 1.29 is 13.9 Å². The molecule has 0 unspecified atom stereocenters. The van der Waals surface area contributed by atoms with Gasteiger partial charge in [-0.05, 0) is 38.3 Å². The molecular weight excluding hydrogens is 449 g/mol. The maximum Gasteiger partial charge on any atom is 0.409 e. The number of carbonyl (C=O) groups is 1. The molecule has 1 aliphatic carbocycles. The van der Waals surface area contributed by atoms with Gasteiger partial charge < -0.3 is 14.5 Å². The number of pyridine rings is 2. The van der Waals surface area contributed by atoms with E-state index in [9.17, 15) is 9.18 Å². The summed E-state index contributed by atoms with van der Waals surface area (Å²) in [4.78, 5) is 27.3. The Bertz CT molecular complexity index is 1230. The molecule has 9 nitrogen and oxygen atoms in total. The minimum atomic E-state index is -0.342. The van der Waals surface area contributed by atoms with Crippen LogP contribution in [0.15, 0.2) is 36.8 Å². The van der Waals surface area contributed by atoms with E-state index in [0.29, 0.717) is 18.3 Å². The van der Waals surface area contributed by atoms with E-state index in [1.165, 1.54) is 12.5 Å². The lowest BCUT2D eigenvalue weighted by atomic mass is 9.78. The summed E-state index contributed by atoms with van der Waals surface area (Å²) in [5, 5.41) is 4.33. The van der Waals surface area contributed by atoms with Gasteiger partial charge in [-0.1, -0.05) is 6.07 Å². The molecule has 2 aliphatic heterocycles. The lowest BCUT2D eigenvalue weighted by Crippen LogP contribution is -2.58. The maximum atomic E-state index is 14.3. The zero-order chi connectivity index (χ0) is 24.0. The quantitative estimate of drug-likeness (QED) is 0.569. The molecule has 35 heavy (non-hydrogen) atoms. The standard InChI is InChI=1S/C25H30FN7O2/c1-2-35-24(34)32-15-25(16-32)7-6-19(13-25)30-8-10-31(11-9-30)21-12-18(26)14-27-23(21)20-4-3-5-22-28-17-29-33(20)22/h3-5,12,14,17,19H,2,6-11,13,15-16H2,1H3/t19-/m1/s1. The van der Waals surface area contributed by atoms with Crippen LogP contribution in [-0.4, -0.2) is 87.4 Å². The van der Waals surface area contributed by atoms with Gasteiger partial charge in [0, 0.05) is 56.8 Å². The lowest BCUT2D eigenvalue weighted by molar-refractivity contribution is -0.00294. The molecule has 3 fully saturated rings. The normalized spacial score (nSPS) is 22.1. The summed E-state index contributed by atoms with van der Waals surface area (Å²) in [7, 11) is 0. The fourth-order valence-corrected chi connectivity index (χ4v) is 6.10. The molecule has 10 heteroatoms. The van der Waals surface area contributed by atoms with Crippen molar-refractivity contribution in [2.45, 2.75) is 32.2 Å². The first-order valence-electron chi connectivity index (χ1n) is 12.4. The fraction of sp³-hybridized carbons (Fsp3) is 0.520. The van der Waals surface area contributed by atoms with E-state index in [4.69, 9.17) is 4.74 Å². The van der Waals surface area contributed by atoms with Crippen molar-refractivity contribution in [3.05, 3.63) is 42.6 Å². The Balaban J connectivity index is 1.13. The largest absolute Gasteiger partial charge is 0.450 e. The summed E-state index contributed by atoms with van der Waals surface area (Å²) in [6, 6.07) is 7.87. The topological polar surface area (TPSA) is 79.1 Å². The third-order valence-electron chi connectivity index (χ3n) is 7.80. The van der Waals surface area contributed by atoms with Crippen LogP contribution < -0.4 is 4.90 Å². The summed E-state index contributed by atoms with van der Waals surface area (Å²) in [5.41, 5.74) is 3.29. The van der Waals surface area contributed by atoms with Crippen molar-refractivity contribution in [1.29, 1.82) is 0 Å². The number of aromatic nitrogens is 4. The molecular formula is C25H30FN7O2. The average molecular weight is 480 g/mol. The number of likely N-dealkylation sites (tertiary alicyclic amines) is 1. The second-order valence-electron chi connectivity index (χ2n) is 9.94. The fourth-order valence-electron chi connectivity index (χ4n) is 6.10. The highest BCUT2D eigenvalue weighted by atomic mass is 19.1. The Kier molecular flexibility index (Phi) is 5.55. The van der Waals surface area contributed by atoms with Gasteiger partial charge in [0.2, 0.25) is 0 Å². The van der Waals surface area contributed by atoms with Crippen LogP contribution in [0.2, 0.25) is 0 Å². The minimum absolute atomic E-state index is 0.184. The van der Waals surface area contributed by atoms with Crippen LogP contribution in [0.25, 0.3) is 17.0 Å². The van der Waals surface area contributed by atoms with E-state index in [0.717, 1.165) is 75.6 Å². The van der Waals surface area contributed by atoms with Crippen LogP contribution in [0.5, 0.6) is 0 Å². The molecule has 0 bridgehead atoms. The molecule has 0 N–H and O–H groups in total. The van der Waals surface area contributed by atoms with Crippen molar-refractivity contribution >= 4 is 17.4 Å². The van der Waals surface area contributed by atoms with Crippen LogP contribution in [0.1, 0.15) is 26.2 Å². The molecule has 1 amide bonds. The monoisotopic (exact) mass is 479 g/mol. The van der Waals surface area contributed by atoms with Gasteiger partial charge in [0.25, 0.3) is 0 Å². The summed E-state index contributed by atoms with van der Waals surface area (Å²) in [6.07, 6.45) is 6.05. The molecule has 2 saturated heterocycles. The lowest BCUT2D eigenvalue weighted by Gasteiger charge is -2.48. The van der Waals surface area contributed by atoms with Crippen LogP contribution >= 0.6 is 0 Å². The van der Waals surface area contributed by atoms with E-state index in [-0.39, 0.29) is 17.3 Å². The average Bonchev–Trinajstić information content (AvgIpc) is 3.51. The molecule has 0 aromatic carbocycles. The number of anilines is 1. The zero-order valence-corrected chi connectivity index (χ0v) is 19.9. The molecule has 6 rings (SSSR count). The van der Waals surface area contributed by atoms with E-state index in [1.807, 2.05) is 30.0 Å². The molecule has 1 saturated carbocycles. The first-order valence-corrected chi connectivity index (χ1v) is 12.4. The summed E-state index contributed by atoms with van der Waals surface area (Å²) in [6.45, 7) is 7.36. The molecule has 1 spiro atoms. The van der Waals surface area contributed by atoms with Crippen LogP contribution in [-0.2, 0) is 4.74 Å². The number of halogens is 1. The summed E-state index contributed by atoms with van der Waals surface area (Å²) >= 11 is 0. The first-order chi connectivity index (χ1) is 17.0. The van der Waals surface area contributed by atoms with Gasteiger partial charge in [-0.25, -0.2) is 23.7 Å². The van der Waals surface area contributed by atoms with Gasteiger partial charge >= 0.3 is 6.09 Å². The Labute approximate surface area is 203 Å². The number of ether oxygens (including phenoxy) is 1. The van der Waals surface area contributed by atoms with Crippen molar-refractivity contribution in [2.24, 2.45) is 5.41 Å². The van der Waals surface area contributed by atoms with Crippen LogP contribution in [0.4, 0.5) is 14.9 Å². The third-order valence-corrected chi connectivity index (χ3v) is 7.80. The van der Waals surface area contributed by atoms with Gasteiger partial charge in [-0.2, -0.15) is 5.10 Å². The molecule has 3 aromatic heterocycles. The zero-order valence-electron chi connectivity index (χ0n) is 19.9. The van der Waals surface area contributed by atoms with E-state index in [1.54, 1.807) is 10.6 Å². The van der Waals surface area contributed by atoms with Crippen molar-refractivity contribution in [3.63, 3.8) is 0 Å². The van der Waals surface area contributed by atoms with Gasteiger partial charge in [0.05, 0.1) is 24.2 Å². The number of amides is 1. The van der Waals surface area contributed by atoms with Gasteiger partial charge in [-0.3, -0.25) is 4.90 Å². The van der Waals surface area contributed by atoms with Crippen LogP contribution in [0.3, 0.4) is 0 Å². The predicted octanol–water partition coefficient (Wildman–Crippen LogP) is 3.06. The number of hydrogen-bond acceptors (Lipinski definition) is 7. The number of carbonyl (C=O) groups excluding carboxylic acids is 1. The van der Waals surface area contributed by atoms with Gasteiger partial charge in [-0.15, -0.1) is 0 Å². The predicted molar refractivity (Wildman–Crippen MR) is 129 cm³/mol. The van der Waals surface area contributed by atoms with Gasteiger partial charge in [0.15, 0.2) is 5.65 Å². The molecule has 3 aliphatic rings. The van der Waals surface area contributed by atoms with Crippen molar-refractivity contribution in [3.8, 4) is 11.4 Å². The highest BCUT2D eigenvalue weighted by molar-refractivity contribution is 5.74. The SMILES string of the molecule is CCOC(=O)N1CC2(CC[C@@H](N3CCN(c4cc(F)cnc4-c4cccc5ncnn45)CC3)C2)C1. The Morgan fingerprint density at radius 1 is 1.20 bits per heavy atom. The Morgan fingerprint density at radius 2 is 2.03 bits per heavy atom. The van der Waals surface area contributed by atoms with E-state index >= 15 is 0 Å². The molecule has 184 valence electrons. The Hall–Kier alpha value is -3.27. The Morgan fingerprint density at radius 3 is 2.83 bits per heavy atom. The highest BCUT2D eigenvalue weighted by Crippen LogP contribution is 2.47. The minimum Gasteiger partial charge on any atom is -0.450 e. The molecule has 1 atom stereocenters.